The Balaban J connectivity index is 2.36. The van der Waals surface area contributed by atoms with Crippen molar-refractivity contribution in [3.8, 4) is 11.5 Å². The lowest BCUT2D eigenvalue weighted by molar-refractivity contribution is -0.141. The zero-order chi connectivity index (χ0) is 18.3. The van der Waals surface area contributed by atoms with E-state index < -0.39 is 37.1 Å². The number of hydrogen-bond donors (Lipinski definition) is 8. The highest BCUT2D eigenvalue weighted by atomic mass is 16.4. The molecule has 0 aliphatic carbocycles. The Morgan fingerprint density at radius 3 is 1.96 bits per heavy atom. The Hall–Kier alpha value is -1.42. The van der Waals surface area contributed by atoms with Crippen LogP contribution in [0.4, 0.5) is 0 Å². The molecule has 5 unspecified atom stereocenters. The first-order valence-corrected chi connectivity index (χ1v) is 7.80. The van der Waals surface area contributed by atoms with Gasteiger partial charge in [-0.3, -0.25) is 0 Å². The second-order valence-corrected chi connectivity index (χ2v) is 5.86. The maximum absolute atomic E-state index is 9.83. The number of aromatic hydroxyl groups is 2. The Kier molecular flexibility index (Phi) is 8.40. The second-order valence-electron chi connectivity index (χ2n) is 5.86. The third-order valence-corrected chi connectivity index (χ3v) is 3.93. The van der Waals surface area contributed by atoms with Gasteiger partial charge in [-0.05, 0) is 37.0 Å². The quantitative estimate of drug-likeness (QED) is 0.190. The fourth-order valence-electron chi connectivity index (χ4n) is 2.34. The molecule has 1 aromatic carbocycles. The number of unbranched alkanes of at least 4 members (excludes halogenated alkanes) is 1. The molecule has 0 aliphatic heterocycles. The van der Waals surface area contributed by atoms with Gasteiger partial charge in [0.25, 0.3) is 0 Å². The van der Waals surface area contributed by atoms with Crippen LogP contribution in [0.1, 0.15) is 24.8 Å². The molecule has 8 nitrogen and oxygen atoms in total. The predicted molar refractivity (Wildman–Crippen MR) is 84.4 cm³/mol. The molecule has 1 aromatic rings. The molecule has 0 saturated carbocycles. The summed E-state index contributed by atoms with van der Waals surface area (Å²) in [6.07, 6.45) is -6.22. The van der Waals surface area contributed by atoms with E-state index >= 15 is 0 Å². The van der Waals surface area contributed by atoms with Gasteiger partial charge in [0.1, 0.15) is 24.4 Å². The average Bonchev–Trinajstić information content (AvgIpc) is 2.58. The van der Waals surface area contributed by atoms with Gasteiger partial charge in [-0.15, -0.1) is 0 Å². The van der Waals surface area contributed by atoms with Crippen LogP contribution in [0.5, 0.6) is 11.5 Å². The van der Waals surface area contributed by atoms with E-state index in [1.54, 1.807) is 6.07 Å². The number of aliphatic hydroxyl groups excluding tert-OH is 6. The number of benzene rings is 1. The van der Waals surface area contributed by atoms with Crippen molar-refractivity contribution in [2.24, 2.45) is 0 Å². The molecule has 0 aromatic heterocycles. The molecule has 0 spiro atoms. The Bertz CT molecular complexity index is 495. The molecule has 8 heteroatoms. The topological polar surface area (TPSA) is 162 Å². The Morgan fingerprint density at radius 2 is 1.38 bits per heavy atom. The van der Waals surface area contributed by atoms with Gasteiger partial charge in [0.2, 0.25) is 0 Å². The van der Waals surface area contributed by atoms with Gasteiger partial charge in [-0.25, -0.2) is 0 Å². The van der Waals surface area contributed by atoms with Crippen molar-refractivity contribution in [1.82, 2.24) is 0 Å². The number of hydrogen-bond acceptors (Lipinski definition) is 8. The van der Waals surface area contributed by atoms with E-state index in [-0.39, 0.29) is 17.9 Å². The maximum atomic E-state index is 9.83. The van der Waals surface area contributed by atoms with Gasteiger partial charge in [0, 0.05) is 0 Å². The number of aliphatic hydroxyl groups is 6. The molecular weight excluding hydrogens is 320 g/mol. The van der Waals surface area contributed by atoms with E-state index in [0.29, 0.717) is 19.3 Å². The van der Waals surface area contributed by atoms with Crippen molar-refractivity contribution in [2.45, 2.75) is 56.2 Å². The molecule has 138 valence electrons. The average molecular weight is 346 g/mol. The smallest absolute Gasteiger partial charge is 0.157 e. The molecule has 1 rings (SSSR count). The van der Waals surface area contributed by atoms with Crippen LogP contribution in [0.2, 0.25) is 0 Å². The van der Waals surface area contributed by atoms with E-state index in [0.717, 1.165) is 5.56 Å². The van der Waals surface area contributed by atoms with Crippen molar-refractivity contribution in [1.29, 1.82) is 0 Å². The highest BCUT2D eigenvalue weighted by molar-refractivity contribution is 5.40. The largest absolute Gasteiger partial charge is 0.504 e. The van der Waals surface area contributed by atoms with E-state index in [2.05, 4.69) is 0 Å². The Morgan fingerprint density at radius 1 is 0.750 bits per heavy atom. The van der Waals surface area contributed by atoms with Crippen LogP contribution in [0.15, 0.2) is 18.2 Å². The minimum Gasteiger partial charge on any atom is -0.504 e. The summed E-state index contributed by atoms with van der Waals surface area (Å²) in [6, 6.07) is 4.49. The van der Waals surface area contributed by atoms with Gasteiger partial charge < -0.3 is 40.9 Å². The van der Waals surface area contributed by atoms with Crippen molar-refractivity contribution in [3.05, 3.63) is 23.8 Å². The summed E-state index contributed by atoms with van der Waals surface area (Å²) in [7, 11) is 0. The van der Waals surface area contributed by atoms with Crippen LogP contribution in [0.25, 0.3) is 0 Å². The molecule has 0 saturated heterocycles. The molecule has 24 heavy (non-hydrogen) atoms. The fraction of sp³-hybridized carbons (Fsp3) is 0.625. The fourth-order valence-corrected chi connectivity index (χ4v) is 2.34. The summed E-state index contributed by atoms with van der Waals surface area (Å²) in [5.41, 5.74) is 0.807. The number of phenolic OH excluding ortho intramolecular Hbond substituents is 2. The first kappa shape index (κ1) is 20.6. The monoisotopic (exact) mass is 346 g/mol. The van der Waals surface area contributed by atoms with Crippen LogP contribution in [-0.2, 0) is 6.42 Å². The molecular formula is C16H26O8. The number of aryl methyl sites for hydroxylation is 1. The standard InChI is InChI=1S/C16H26O8/c17-8-13(21)15(23)16(24)14(22)11(19)4-2-1-3-9-5-6-10(18)12(20)7-9/h5-7,11,13-24H,1-4,8H2. The Labute approximate surface area is 139 Å². The van der Waals surface area contributed by atoms with Gasteiger partial charge in [0.05, 0.1) is 12.7 Å². The van der Waals surface area contributed by atoms with E-state index in [1.807, 2.05) is 0 Å². The summed E-state index contributed by atoms with van der Waals surface area (Å²) >= 11 is 0. The predicted octanol–water partition coefficient (Wildman–Crippen LogP) is -1.39. The molecule has 0 bridgehead atoms. The van der Waals surface area contributed by atoms with Crippen molar-refractivity contribution >= 4 is 0 Å². The zero-order valence-corrected chi connectivity index (χ0v) is 13.2. The molecule has 0 radical (unpaired) electrons. The van der Waals surface area contributed by atoms with Gasteiger partial charge in [0.15, 0.2) is 11.5 Å². The molecule has 0 heterocycles. The molecule has 8 N–H and O–H groups in total. The van der Waals surface area contributed by atoms with Crippen molar-refractivity contribution in [2.75, 3.05) is 6.61 Å². The molecule has 0 fully saturated rings. The van der Waals surface area contributed by atoms with Gasteiger partial charge >= 0.3 is 0 Å². The van der Waals surface area contributed by atoms with E-state index in [4.69, 9.17) is 5.11 Å². The number of phenols is 2. The van der Waals surface area contributed by atoms with Crippen LogP contribution in [0.3, 0.4) is 0 Å². The SMILES string of the molecule is OCC(O)C(O)C(O)C(O)C(O)CCCCc1ccc(O)c(O)c1. The lowest BCUT2D eigenvalue weighted by Crippen LogP contribution is -2.49. The first-order chi connectivity index (χ1) is 11.3. The normalized spacial score (nSPS) is 17.9. The van der Waals surface area contributed by atoms with E-state index in [9.17, 15) is 35.7 Å². The summed E-state index contributed by atoms with van der Waals surface area (Å²) in [5, 5.41) is 75.3. The highest BCUT2D eigenvalue weighted by Gasteiger charge is 2.33. The summed E-state index contributed by atoms with van der Waals surface area (Å²) in [5.74, 6) is -0.405. The maximum Gasteiger partial charge on any atom is 0.157 e. The highest BCUT2D eigenvalue weighted by Crippen LogP contribution is 2.25. The summed E-state index contributed by atoms with van der Waals surface area (Å²) in [4.78, 5) is 0. The molecule has 0 amide bonds. The van der Waals surface area contributed by atoms with Crippen LogP contribution in [0, 0.1) is 0 Å². The molecule has 0 aliphatic rings. The van der Waals surface area contributed by atoms with Crippen LogP contribution >= 0.6 is 0 Å². The van der Waals surface area contributed by atoms with Gasteiger partial charge in [-0.2, -0.15) is 0 Å². The molecule has 5 atom stereocenters. The van der Waals surface area contributed by atoms with Crippen LogP contribution in [-0.4, -0.2) is 78.0 Å². The van der Waals surface area contributed by atoms with E-state index in [1.165, 1.54) is 12.1 Å². The minimum atomic E-state index is -1.78. The third kappa shape index (κ3) is 5.90. The van der Waals surface area contributed by atoms with Crippen molar-refractivity contribution in [3.63, 3.8) is 0 Å². The third-order valence-electron chi connectivity index (χ3n) is 3.93. The zero-order valence-electron chi connectivity index (χ0n) is 13.2. The lowest BCUT2D eigenvalue weighted by Gasteiger charge is -2.28. The second kappa shape index (κ2) is 9.77. The first-order valence-electron chi connectivity index (χ1n) is 7.80. The van der Waals surface area contributed by atoms with Crippen LogP contribution < -0.4 is 0 Å². The lowest BCUT2D eigenvalue weighted by atomic mass is 9.96. The minimum absolute atomic E-state index is 0.157. The van der Waals surface area contributed by atoms with Gasteiger partial charge in [-0.1, -0.05) is 12.5 Å². The summed E-state index contributed by atoms with van der Waals surface area (Å²) in [6.45, 7) is -0.777. The number of rotatable bonds is 10. The summed E-state index contributed by atoms with van der Waals surface area (Å²) < 4.78 is 0. The van der Waals surface area contributed by atoms with Crippen molar-refractivity contribution < 1.29 is 40.9 Å².